The zero-order valence-corrected chi connectivity index (χ0v) is 16.2. The molecule has 1 unspecified atom stereocenters. The Morgan fingerprint density at radius 1 is 1.23 bits per heavy atom. The summed E-state index contributed by atoms with van der Waals surface area (Å²) in [7, 11) is 7.84. The Balaban J connectivity index is 1.90. The fourth-order valence-corrected chi connectivity index (χ4v) is 3.31. The van der Waals surface area contributed by atoms with E-state index in [4.69, 9.17) is 4.98 Å². The minimum Gasteiger partial charge on any atom is -0.362 e. The maximum Gasteiger partial charge on any atom is 0.247 e. The molecule has 0 aliphatic carbocycles. The van der Waals surface area contributed by atoms with Crippen LogP contribution in [0.5, 0.6) is 0 Å². The molecule has 1 amide bonds. The summed E-state index contributed by atoms with van der Waals surface area (Å²) in [5.41, 5.74) is 2.07. The lowest BCUT2D eigenvalue weighted by molar-refractivity contribution is -0.136. The summed E-state index contributed by atoms with van der Waals surface area (Å²) in [4.78, 5) is 28.3. The lowest BCUT2D eigenvalue weighted by Gasteiger charge is -2.33. The number of rotatable bonds is 5. The van der Waals surface area contributed by atoms with Gasteiger partial charge in [0.2, 0.25) is 11.9 Å². The van der Waals surface area contributed by atoms with Gasteiger partial charge in [-0.1, -0.05) is 6.92 Å². The number of hydrogen-bond donors (Lipinski definition) is 0. The molecule has 3 heterocycles. The van der Waals surface area contributed by atoms with Crippen molar-refractivity contribution in [3.8, 4) is 0 Å². The molecule has 3 rings (SSSR count). The van der Waals surface area contributed by atoms with E-state index < -0.39 is 0 Å². The predicted molar refractivity (Wildman–Crippen MR) is 101 cm³/mol. The van der Waals surface area contributed by atoms with Crippen molar-refractivity contribution in [2.24, 2.45) is 0 Å². The van der Waals surface area contributed by atoms with Crippen LogP contribution in [0.25, 0.3) is 0 Å². The molecule has 8 heteroatoms. The highest BCUT2D eigenvalue weighted by atomic mass is 16.2. The number of amides is 1. The lowest BCUT2D eigenvalue weighted by atomic mass is 10.0. The van der Waals surface area contributed by atoms with Crippen LogP contribution in [0.3, 0.4) is 0 Å². The molecule has 2 aromatic rings. The van der Waals surface area contributed by atoms with Crippen LogP contribution in [0.2, 0.25) is 0 Å². The molecule has 26 heavy (non-hydrogen) atoms. The molecule has 0 aromatic carbocycles. The highest BCUT2D eigenvalue weighted by molar-refractivity contribution is 5.80. The number of fused-ring (bicyclic) bond motifs is 1. The molecule has 0 N–H and O–H groups in total. The maximum absolute atomic E-state index is 13.1. The fraction of sp³-hybridized carbons (Fsp3) is 0.556. The van der Waals surface area contributed by atoms with E-state index in [1.165, 1.54) is 0 Å². The van der Waals surface area contributed by atoms with E-state index in [9.17, 15) is 4.79 Å². The number of hydrogen-bond acceptors (Lipinski definition) is 6. The van der Waals surface area contributed by atoms with Crippen molar-refractivity contribution in [1.29, 1.82) is 0 Å². The Morgan fingerprint density at radius 3 is 2.58 bits per heavy atom. The Kier molecular flexibility index (Phi) is 5.11. The Hall–Kier alpha value is -2.64. The Labute approximate surface area is 154 Å². The van der Waals surface area contributed by atoms with E-state index in [-0.39, 0.29) is 11.9 Å². The van der Waals surface area contributed by atoms with E-state index in [1.807, 2.05) is 62.1 Å². The summed E-state index contributed by atoms with van der Waals surface area (Å²) in [6, 6.07) is 1.58. The molecule has 8 nitrogen and oxygen atoms in total. The summed E-state index contributed by atoms with van der Waals surface area (Å²) in [6.07, 6.45) is 5.03. The molecule has 0 bridgehead atoms. The average molecular weight is 357 g/mol. The number of nitrogens with zero attached hydrogens (tertiary/aromatic N) is 7. The first-order chi connectivity index (χ1) is 12.4. The molecule has 0 saturated heterocycles. The van der Waals surface area contributed by atoms with Crippen molar-refractivity contribution >= 4 is 17.7 Å². The van der Waals surface area contributed by atoms with Gasteiger partial charge in [0, 0.05) is 52.7 Å². The van der Waals surface area contributed by atoms with Gasteiger partial charge in [-0.05, 0) is 18.9 Å². The topological polar surface area (TPSA) is 70.4 Å². The van der Waals surface area contributed by atoms with E-state index in [2.05, 4.69) is 10.1 Å². The van der Waals surface area contributed by atoms with Crippen LogP contribution < -0.4 is 9.80 Å². The quantitative estimate of drug-likeness (QED) is 0.804. The molecule has 1 atom stereocenters. The molecular weight excluding hydrogens is 330 g/mol. The van der Waals surface area contributed by atoms with Gasteiger partial charge in [0.25, 0.3) is 0 Å². The normalized spacial score (nSPS) is 14.7. The van der Waals surface area contributed by atoms with E-state index >= 15 is 0 Å². The summed E-state index contributed by atoms with van der Waals surface area (Å²) >= 11 is 0. The largest absolute Gasteiger partial charge is 0.362 e. The number of aromatic nitrogens is 4. The second-order valence-electron chi connectivity index (χ2n) is 6.98. The van der Waals surface area contributed by atoms with Crippen LogP contribution in [0.15, 0.2) is 18.5 Å². The first kappa shape index (κ1) is 18.2. The minimum absolute atomic E-state index is 0.0956. The van der Waals surface area contributed by atoms with Crippen molar-refractivity contribution in [1.82, 2.24) is 24.6 Å². The zero-order valence-electron chi connectivity index (χ0n) is 16.2. The third-order valence-electron chi connectivity index (χ3n) is 4.68. The summed E-state index contributed by atoms with van der Waals surface area (Å²) in [5, 5.41) is 4.25. The van der Waals surface area contributed by atoms with Crippen LogP contribution in [0.1, 0.15) is 30.6 Å². The molecule has 0 radical (unpaired) electrons. The third kappa shape index (κ3) is 3.36. The van der Waals surface area contributed by atoms with Crippen LogP contribution >= 0.6 is 0 Å². The third-order valence-corrected chi connectivity index (χ3v) is 4.68. The van der Waals surface area contributed by atoms with Gasteiger partial charge in [-0.25, -0.2) is 4.98 Å². The van der Waals surface area contributed by atoms with Crippen molar-refractivity contribution in [2.75, 3.05) is 44.5 Å². The summed E-state index contributed by atoms with van der Waals surface area (Å²) in [6.45, 7) is 3.20. The van der Waals surface area contributed by atoms with Gasteiger partial charge < -0.3 is 14.7 Å². The molecular formula is C18H27N7O. The smallest absolute Gasteiger partial charge is 0.247 e. The Morgan fingerprint density at radius 2 is 2.00 bits per heavy atom. The van der Waals surface area contributed by atoms with Gasteiger partial charge in [0.05, 0.1) is 12.2 Å². The van der Waals surface area contributed by atoms with Gasteiger partial charge in [-0.3, -0.25) is 9.48 Å². The van der Waals surface area contributed by atoms with Crippen LogP contribution in [0, 0.1) is 0 Å². The van der Waals surface area contributed by atoms with Gasteiger partial charge >= 0.3 is 0 Å². The molecule has 0 spiro atoms. The number of anilines is 2. The van der Waals surface area contributed by atoms with E-state index in [0.717, 1.165) is 23.5 Å². The van der Waals surface area contributed by atoms with Crippen LogP contribution in [-0.2, 0) is 17.8 Å². The molecule has 1 aliphatic heterocycles. The highest BCUT2D eigenvalue weighted by Gasteiger charge is 2.30. The van der Waals surface area contributed by atoms with Crippen LogP contribution in [-0.4, -0.2) is 65.3 Å². The maximum atomic E-state index is 13.1. The first-order valence-electron chi connectivity index (χ1n) is 8.94. The minimum atomic E-state index is -0.268. The van der Waals surface area contributed by atoms with Crippen molar-refractivity contribution in [3.63, 3.8) is 0 Å². The zero-order chi connectivity index (χ0) is 18.8. The van der Waals surface area contributed by atoms with E-state index in [1.54, 1.807) is 10.9 Å². The van der Waals surface area contributed by atoms with Gasteiger partial charge in [0.1, 0.15) is 11.9 Å². The van der Waals surface area contributed by atoms with Crippen molar-refractivity contribution < 1.29 is 4.79 Å². The lowest BCUT2D eigenvalue weighted by Crippen LogP contribution is -2.41. The number of carbonyl (C=O) groups excluding carboxylic acids is 1. The molecule has 0 saturated carbocycles. The fourth-order valence-electron chi connectivity index (χ4n) is 3.31. The molecule has 1 aliphatic rings. The van der Waals surface area contributed by atoms with Gasteiger partial charge in [-0.2, -0.15) is 10.1 Å². The van der Waals surface area contributed by atoms with Crippen molar-refractivity contribution in [3.05, 3.63) is 29.7 Å². The highest BCUT2D eigenvalue weighted by Crippen LogP contribution is 2.28. The van der Waals surface area contributed by atoms with Crippen molar-refractivity contribution in [2.45, 2.75) is 32.4 Å². The standard InChI is InChI=1S/C18H27N7O/c1-6-15(25-10-7-9-19-25)17(26)24-11-8-13-14(12-24)20-18(23(4)5)21-16(13)22(2)3/h7,9-10,15H,6,8,11-12H2,1-5H3. The van der Waals surface area contributed by atoms with Gasteiger partial charge in [0.15, 0.2) is 0 Å². The first-order valence-corrected chi connectivity index (χ1v) is 8.94. The Bertz CT molecular complexity index is 770. The van der Waals surface area contributed by atoms with Crippen LogP contribution in [0.4, 0.5) is 11.8 Å². The SMILES string of the molecule is CCC(C(=O)N1CCc2c(nc(N(C)C)nc2N(C)C)C1)n1cccn1. The monoisotopic (exact) mass is 357 g/mol. The molecule has 140 valence electrons. The van der Waals surface area contributed by atoms with Gasteiger partial charge in [-0.15, -0.1) is 0 Å². The van der Waals surface area contributed by atoms with E-state index in [0.29, 0.717) is 25.5 Å². The average Bonchev–Trinajstić information content (AvgIpc) is 3.14. The predicted octanol–water partition coefficient (Wildman–Crippen LogP) is 1.34. The molecule has 2 aromatic heterocycles. The summed E-state index contributed by atoms with van der Waals surface area (Å²) in [5.74, 6) is 1.70. The second kappa shape index (κ2) is 7.31. The number of carbonyl (C=O) groups is 1. The second-order valence-corrected chi connectivity index (χ2v) is 6.98. The molecule has 0 fully saturated rings. The summed E-state index contributed by atoms with van der Waals surface area (Å²) < 4.78 is 1.74.